The molecule has 0 bridgehead atoms. The van der Waals surface area contributed by atoms with Gasteiger partial charge >= 0.3 is 12.1 Å². The monoisotopic (exact) mass is 373 g/mol. The Labute approximate surface area is 136 Å². The van der Waals surface area contributed by atoms with Gasteiger partial charge in [-0.15, -0.1) is 0 Å². The lowest BCUT2D eigenvalue weighted by atomic mass is 10.1. The van der Waals surface area contributed by atoms with Gasteiger partial charge in [-0.1, -0.05) is 25.4 Å². The van der Waals surface area contributed by atoms with E-state index in [1.807, 2.05) is 4.72 Å². The van der Waals surface area contributed by atoms with Crippen molar-refractivity contribution in [3.63, 3.8) is 0 Å². The SMILES string of the molecule is CC(C)C[C@H](NS(=O)(=O)c1ccc(Cl)c(C(F)(F)F)c1)C(=O)O. The molecule has 0 spiro atoms. The molecule has 0 aromatic heterocycles. The van der Waals surface area contributed by atoms with Crippen LogP contribution in [-0.4, -0.2) is 25.5 Å². The minimum Gasteiger partial charge on any atom is -0.480 e. The Kier molecular flexibility index (Phi) is 6.06. The maximum atomic E-state index is 12.8. The van der Waals surface area contributed by atoms with E-state index in [0.29, 0.717) is 6.07 Å². The molecule has 0 saturated heterocycles. The number of sulfonamides is 1. The summed E-state index contributed by atoms with van der Waals surface area (Å²) < 4.78 is 64.5. The van der Waals surface area contributed by atoms with Crippen molar-refractivity contribution in [2.75, 3.05) is 0 Å². The maximum absolute atomic E-state index is 12.8. The third-order valence-electron chi connectivity index (χ3n) is 2.86. The van der Waals surface area contributed by atoms with Crippen molar-refractivity contribution in [1.29, 1.82) is 0 Å². The molecule has 0 saturated carbocycles. The second kappa shape index (κ2) is 7.06. The number of rotatable bonds is 6. The molecule has 5 nitrogen and oxygen atoms in total. The van der Waals surface area contributed by atoms with E-state index in [4.69, 9.17) is 16.7 Å². The minimum absolute atomic E-state index is 0.00567. The third kappa shape index (κ3) is 5.36. The fraction of sp³-hybridized carbons (Fsp3) is 0.462. The van der Waals surface area contributed by atoms with Gasteiger partial charge in [0, 0.05) is 0 Å². The van der Waals surface area contributed by atoms with Crippen molar-refractivity contribution in [3.05, 3.63) is 28.8 Å². The number of carboxylic acid groups (broad SMARTS) is 1. The number of hydrogen-bond acceptors (Lipinski definition) is 3. The van der Waals surface area contributed by atoms with Crippen LogP contribution < -0.4 is 4.72 Å². The zero-order chi connectivity index (χ0) is 18.0. The van der Waals surface area contributed by atoms with E-state index < -0.39 is 43.7 Å². The van der Waals surface area contributed by atoms with Crippen LogP contribution in [0.25, 0.3) is 0 Å². The first kappa shape index (κ1) is 19.7. The number of aliphatic carboxylic acids is 1. The average Bonchev–Trinajstić information content (AvgIpc) is 2.35. The Bertz CT molecular complexity index is 689. The van der Waals surface area contributed by atoms with Crippen LogP contribution >= 0.6 is 11.6 Å². The predicted molar refractivity (Wildman–Crippen MR) is 77.7 cm³/mol. The van der Waals surface area contributed by atoms with Gasteiger partial charge < -0.3 is 5.11 Å². The minimum atomic E-state index is -4.83. The normalized spacial score (nSPS) is 14.0. The van der Waals surface area contributed by atoms with Crippen LogP contribution in [0.2, 0.25) is 5.02 Å². The molecule has 130 valence electrons. The summed E-state index contributed by atoms with van der Waals surface area (Å²) in [5, 5.41) is 8.39. The lowest BCUT2D eigenvalue weighted by Crippen LogP contribution is -2.41. The summed E-state index contributed by atoms with van der Waals surface area (Å²) in [6, 6.07) is 0.620. The molecule has 0 heterocycles. The summed E-state index contributed by atoms with van der Waals surface area (Å²) in [6.07, 6.45) is -4.83. The lowest BCUT2D eigenvalue weighted by Gasteiger charge is -2.17. The molecule has 0 aliphatic carbocycles. The highest BCUT2D eigenvalue weighted by Gasteiger charge is 2.35. The van der Waals surface area contributed by atoms with Crippen LogP contribution in [0.3, 0.4) is 0 Å². The van der Waals surface area contributed by atoms with Crippen molar-refractivity contribution in [2.45, 2.75) is 37.4 Å². The summed E-state index contributed by atoms with van der Waals surface area (Å²) in [5.41, 5.74) is -1.31. The largest absolute Gasteiger partial charge is 0.480 e. The molecule has 0 unspecified atom stereocenters. The topological polar surface area (TPSA) is 83.5 Å². The van der Waals surface area contributed by atoms with Gasteiger partial charge in [0.25, 0.3) is 0 Å². The van der Waals surface area contributed by atoms with E-state index >= 15 is 0 Å². The van der Waals surface area contributed by atoms with Gasteiger partial charge in [0.05, 0.1) is 15.5 Å². The molecule has 0 aliphatic heterocycles. The summed E-state index contributed by atoms with van der Waals surface area (Å²) in [7, 11) is -4.44. The first-order chi connectivity index (χ1) is 10.3. The Hall–Kier alpha value is -1.32. The maximum Gasteiger partial charge on any atom is 0.417 e. The van der Waals surface area contributed by atoms with Crippen LogP contribution in [0.4, 0.5) is 13.2 Å². The van der Waals surface area contributed by atoms with Crippen molar-refractivity contribution >= 4 is 27.6 Å². The van der Waals surface area contributed by atoms with Gasteiger partial charge in [0.1, 0.15) is 6.04 Å². The molecule has 0 aliphatic rings. The number of benzene rings is 1. The van der Waals surface area contributed by atoms with E-state index in [9.17, 15) is 26.4 Å². The number of hydrogen-bond donors (Lipinski definition) is 2. The molecule has 0 fully saturated rings. The standard InChI is InChI=1S/C13H15ClF3NO4S/c1-7(2)5-11(12(19)20)18-23(21,22)8-3-4-10(14)9(6-8)13(15,16)17/h3-4,6-7,11,18H,5H2,1-2H3,(H,19,20)/t11-/m0/s1. The smallest absolute Gasteiger partial charge is 0.417 e. The molecule has 2 N–H and O–H groups in total. The Morgan fingerprint density at radius 1 is 1.35 bits per heavy atom. The molecule has 23 heavy (non-hydrogen) atoms. The number of carbonyl (C=O) groups is 1. The molecule has 0 amide bonds. The summed E-state index contributed by atoms with van der Waals surface area (Å²) in [4.78, 5) is 10.4. The van der Waals surface area contributed by atoms with Gasteiger partial charge in [-0.05, 0) is 30.5 Å². The fourth-order valence-corrected chi connectivity index (χ4v) is 3.27. The fourth-order valence-electron chi connectivity index (χ4n) is 1.81. The summed E-state index contributed by atoms with van der Waals surface area (Å²) in [6.45, 7) is 3.38. The Balaban J connectivity index is 3.21. The Morgan fingerprint density at radius 3 is 2.35 bits per heavy atom. The van der Waals surface area contributed by atoms with Crippen molar-refractivity contribution in [2.24, 2.45) is 5.92 Å². The number of alkyl halides is 3. The number of nitrogens with one attached hydrogen (secondary N) is 1. The summed E-state index contributed by atoms with van der Waals surface area (Å²) in [5.74, 6) is -1.54. The van der Waals surface area contributed by atoms with Gasteiger partial charge in [-0.25, -0.2) is 8.42 Å². The molecule has 0 radical (unpaired) electrons. The van der Waals surface area contributed by atoms with E-state index in [1.54, 1.807) is 13.8 Å². The van der Waals surface area contributed by atoms with E-state index in [0.717, 1.165) is 12.1 Å². The van der Waals surface area contributed by atoms with E-state index in [1.165, 1.54) is 0 Å². The van der Waals surface area contributed by atoms with Gasteiger partial charge in [-0.3, -0.25) is 4.79 Å². The van der Waals surface area contributed by atoms with E-state index in [-0.39, 0.29) is 12.3 Å². The molecular weight excluding hydrogens is 359 g/mol. The molecule has 1 aromatic carbocycles. The quantitative estimate of drug-likeness (QED) is 0.802. The first-order valence-electron chi connectivity index (χ1n) is 6.46. The molecule has 1 atom stereocenters. The highest BCUT2D eigenvalue weighted by molar-refractivity contribution is 7.89. The van der Waals surface area contributed by atoms with Gasteiger partial charge in [0.15, 0.2) is 0 Å². The zero-order valence-corrected chi connectivity index (χ0v) is 13.8. The second-order valence-corrected chi connectivity index (χ2v) is 7.40. The Morgan fingerprint density at radius 2 is 1.91 bits per heavy atom. The third-order valence-corrected chi connectivity index (χ3v) is 4.66. The van der Waals surface area contributed by atoms with Gasteiger partial charge in [0.2, 0.25) is 10.0 Å². The lowest BCUT2D eigenvalue weighted by molar-refractivity contribution is -0.139. The van der Waals surface area contributed by atoms with Gasteiger partial charge in [-0.2, -0.15) is 17.9 Å². The first-order valence-corrected chi connectivity index (χ1v) is 8.32. The molecular formula is C13H15ClF3NO4S. The summed E-state index contributed by atoms with van der Waals surface area (Å²) >= 11 is 5.43. The predicted octanol–water partition coefficient (Wildman–Crippen LogP) is 3.14. The number of carboxylic acids is 1. The molecule has 1 aromatic rings. The average molecular weight is 374 g/mol. The highest BCUT2D eigenvalue weighted by atomic mass is 35.5. The van der Waals surface area contributed by atoms with Crippen LogP contribution in [0, 0.1) is 5.92 Å². The highest BCUT2D eigenvalue weighted by Crippen LogP contribution is 2.35. The molecule has 10 heteroatoms. The van der Waals surface area contributed by atoms with E-state index in [2.05, 4.69) is 0 Å². The zero-order valence-electron chi connectivity index (χ0n) is 12.2. The second-order valence-electron chi connectivity index (χ2n) is 5.28. The van der Waals surface area contributed by atoms with Crippen LogP contribution in [0.1, 0.15) is 25.8 Å². The van der Waals surface area contributed by atoms with Crippen LogP contribution in [0.5, 0.6) is 0 Å². The van der Waals surface area contributed by atoms with Crippen LogP contribution in [-0.2, 0) is 21.0 Å². The van der Waals surface area contributed by atoms with Crippen molar-refractivity contribution < 1.29 is 31.5 Å². The van der Waals surface area contributed by atoms with Crippen LogP contribution in [0.15, 0.2) is 23.1 Å². The van der Waals surface area contributed by atoms with Crippen molar-refractivity contribution in [1.82, 2.24) is 4.72 Å². The van der Waals surface area contributed by atoms with Crippen molar-refractivity contribution in [3.8, 4) is 0 Å². The number of halogens is 4. The molecule has 1 rings (SSSR count).